The fourth-order valence-electron chi connectivity index (χ4n) is 6.73. The number of phenolic OH excluding ortho intramolecular Hbond substituents is 3. The zero-order chi connectivity index (χ0) is 38.1. The number of carbonyl (C=O) groups excluding carboxylic acids is 3. The molecule has 1 amide bonds. The van der Waals surface area contributed by atoms with Gasteiger partial charge in [0.1, 0.15) is 23.4 Å². The minimum atomic E-state index is -2.01. The number of Topliss-reactive ketones (excluding diaryl/α,β-unsaturated/α-hetero) is 1. The Morgan fingerprint density at radius 1 is 0.980 bits per heavy atom. The molecule has 5 rings (SSSR count). The molecule has 3 heterocycles. The van der Waals surface area contributed by atoms with Gasteiger partial charge in [-0.05, 0) is 13.0 Å². The van der Waals surface area contributed by atoms with E-state index in [0.717, 1.165) is 6.07 Å². The molecule has 0 saturated carbocycles. The third-order valence-electron chi connectivity index (χ3n) is 9.89. The maximum absolute atomic E-state index is 13.9. The smallest absolute Gasteiger partial charge is 0.312 e. The van der Waals surface area contributed by atoms with Crippen LogP contribution in [-0.2, 0) is 23.8 Å². The van der Waals surface area contributed by atoms with Crippen LogP contribution in [0.25, 0.3) is 10.8 Å². The van der Waals surface area contributed by atoms with Crippen molar-refractivity contribution in [3.05, 3.63) is 53.3 Å². The molecule has 0 aliphatic carbocycles. The van der Waals surface area contributed by atoms with E-state index in [1.54, 1.807) is 33.8 Å². The summed E-state index contributed by atoms with van der Waals surface area (Å²) < 4.78 is 23.1. The number of aromatic hydroxyl groups is 3. The van der Waals surface area contributed by atoms with Gasteiger partial charge in [0.05, 0.1) is 47.8 Å². The molecule has 0 saturated heterocycles. The highest BCUT2D eigenvalue weighted by Gasteiger charge is 2.49. The lowest BCUT2D eigenvalue weighted by Crippen LogP contribution is -2.46. The van der Waals surface area contributed by atoms with Gasteiger partial charge in [-0.1, -0.05) is 45.9 Å². The van der Waals surface area contributed by atoms with Gasteiger partial charge in [0.2, 0.25) is 0 Å². The molecule has 14 nitrogen and oxygen atoms in total. The van der Waals surface area contributed by atoms with Gasteiger partial charge in [-0.3, -0.25) is 14.4 Å². The minimum Gasteiger partial charge on any atom is -0.507 e. The molecule has 3 aliphatic rings. The highest BCUT2D eigenvalue weighted by atomic mass is 16.7. The Labute approximate surface area is 295 Å². The number of benzene rings is 2. The van der Waals surface area contributed by atoms with E-state index in [-0.39, 0.29) is 38.9 Å². The number of rotatable bonds is 3. The van der Waals surface area contributed by atoms with Gasteiger partial charge in [0.25, 0.3) is 11.7 Å². The van der Waals surface area contributed by atoms with Crippen LogP contribution in [0, 0.1) is 30.6 Å². The number of ether oxygens (including phenoxy) is 4. The molecule has 2 aromatic rings. The van der Waals surface area contributed by atoms with Crippen LogP contribution < -0.4 is 10.1 Å². The van der Waals surface area contributed by atoms with Crippen LogP contribution >= 0.6 is 0 Å². The third-order valence-corrected chi connectivity index (χ3v) is 9.89. The molecular formula is C37H47NO13. The zero-order valence-electron chi connectivity index (χ0n) is 29.8. The number of ketones is 1. The maximum Gasteiger partial charge on any atom is 0.312 e. The summed E-state index contributed by atoms with van der Waals surface area (Å²) in [6, 6.07) is 0.994. The van der Waals surface area contributed by atoms with Gasteiger partial charge in [0.15, 0.2) is 5.75 Å². The number of carbonyl (C=O) groups is 3. The van der Waals surface area contributed by atoms with Crippen LogP contribution in [0.2, 0.25) is 0 Å². The maximum atomic E-state index is 13.9. The van der Waals surface area contributed by atoms with Crippen molar-refractivity contribution >= 4 is 34.1 Å². The lowest BCUT2D eigenvalue weighted by atomic mass is 9.78. The Kier molecular flexibility index (Phi) is 11.8. The number of fused-ring (bicyclic) bond motifs is 14. The molecule has 7 N–H and O–H groups in total. The summed E-state index contributed by atoms with van der Waals surface area (Å²) in [5, 5.41) is 67.9. The first kappa shape index (κ1) is 39.2. The number of esters is 1. The van der Waals surface area contributed by atoms with Crippen molar-refractivity contribution in [1.29, 1.82) is 0 Å². The second kappa shape index (κ2) is 15.3. The average molecular weight is 714 g/mol. The number of nitrogens with one attached hydrogen (secondary N) is 1. The monoisotopic (exact) mass is 713 g/mol. The normalized spacial score (nSPS) is 32.8. The van der Waals surface area contributed by atoms with Crippen LogP contribution in [0.4, 0.5) is 5.69 Å². The Balaban J connectivity index is 1.89. The highest BCUT2D eigenvalue weighted by Crippen LogP contribution is 2.53. The molecule has 0 aromatic heterocycles. The van der Waals surface area contributed by atoms with E-state index < -0.39 is 95.4 Å². The van der Waals surface area contributed by atoms with E-state index in [2.05, 4.69) is 5.32 Å². The Bertz CT molecular complexity index is 1780. The fourth-order valence-corrected chi connectivity index (χ4v) is 6.73. The van der Waals surface area contributed by atoms with Crippen molar-refractivity contribution in [1.82, 2.24) is 0 Å². The average Bonchev–Trinajstić information content (AvgIpc) is 3.35. The van der Waals surface area contributed by atoms with Crippen molar-refractivity contribution in [3.63, 3.8) is 0 Å². The van der Waals surface area contributed by atoms with E-state index in [9.17, 15) is 45.0 Å². The molecule has 0 radical (unpaired) electrons. The number of phenols is 3. The van der Waals surface area contributed by atoms with Gasteiger partial charge in [-0.25, -0.2) is 0 Å². The third kappa shape index (κ3) is 7.40. The summed E-state index contributed by atoms with van der Waals surface area (Å²) in [7, 11) is 1.42. The number of aliphatic hydroxyl groups excluding tert-OH is 3. The lowest BCUT2D eigenvalue weighted by Gasteiger charge is -2.38. The Hall–Kier alpha value is -4.63. The molecule has 0 spiro atoms. The van der Waals surface area contributed by atoms with Crippen molar-refractivity contribution in [2.24, 2.45) is 23.7 Å². The summed E-state index contributed by atoms with van der Waals surface area (Å²) in [6.45, 7) is 10.0. The van der Waals surface area contributed by atoms with Gasteiger partial charge < -0.3 is 54.9 Å². The quantitative estimate of drug-likeness (QED) is 0.137. The van der Waals surface area contributed by atoms with Crippen molar-refractivity contribution in [2.75, 3.05) is 19.0 Å². The van der Waals surface area contributed by atoms with E-state index in [4.69, 9.17) is 18.9 Å². The molecule has 2 aromatic carbocycles. The largest absolute Gasteiger partial charge is 0.507 e. The number of hydrogen-bond acceptors (Lipinski definition) is 13. The van der Waals surface area contributed by atoms with Crippen molar-refractivity contribution in [2.45, 2.75) is 78.7 Å². The second-order valence-electron chi connectivity index (χ2n) is 13.4. The van der Waals surface area contributed by atoms with Gasteiger partial charge >= 0.3 is 11.8 Å². The van der Waals surface area contributed by atoms with Crippen LogP contribution in [0.1, 0.15) is 57.5 Å². The Morgan fingerprint density at radius 3 is 2.25 bits per heavy atom. The first-order valence-electron chi connectivity index (χ1n) is 16.6. The predicted octanol–water partition coefficient (Wildman–Crippen LogP) is 3.73. The summed E-state index contributed by atoms with van der Waals surface area (Å²) in [4.78, 5) is 39.3. The first-order chi connectivity index (χ1) is 23.9. The van der Waals surface area contributed by atoms with Crippen molar-refractivity contribution in [3.8, 4) is 23.0 Å². The molecule has 0 fully saturated rings. The SMILES string of the molecule is CO[C@H]1/C=C/O[C@@]2(C)Oc3c(C)c(O)c4c(O)c(cc(O)c4c3C2=O)NC(=O)/C(CO)=C\C=C\[C@H](C)[C@H](O)[C@@H](C)[C@H](O)[C@H](C)[C@H](OC(C)=O)[C@@H]1C. The van der Waals surface area contributed by atoms with E-state index >= 15 is 0 Å². The zero-order valence-corrected chi connectivity index (χ0v) is 29.8. The first-order valence-corrected chi connectivity index (χ1v) is 16.6. The van der Waals surface area contributed by atoms with E-state index in [1.807, 2.05) is 0 Å². The molecule has 9 atom stereocenters. The molecule has 14 heteroatoms. The number of allylic oxidation sites excluding steroid dienone is 2. The standard InChI is InChI=1S/C37H47NO13/c1-16-10-9-11-22(15-39)36(47)38-23-14-24(41)26-27(32(23)45)31(44)20(5)34-28(26)35(46)37(7,51-34)49-13-12-25(48-8)17(2)33(50-21(6)40)19(4)30(43)18(3)29(16)42/h9-14,16-19,25,29-30,33,39,41-45H,15H2,1-8H3,(H,38,47)/b10-9+,13-12+,22-11-/t16-,17+,18+,19-,25-,29-,30-,33+,37-/m0/s1. The topological polar surface area (TPSA) is 222 Å². The molecule has 3 aliphatic heterocycles. The summed E-state index contributed by atoms with van der Waals surface area (Å²) >= 11 is 0. The number of anilines is 1. The van der Waals surface area contributed by atoms with Gasteiger partial charge in [-0.15, -0.1) is 0 Å². The minimum absolute atomic E-state index is 0.0395. The van der Waals surface area contributed by atoms with Crippen LogP contribution in [0.15, 0.2) is 42.2 Å². The summed E-state index contributed by atoms with van der Waals surface area (Å²) in [5.41, 5.74) is -0.624. The molecule has 0 unspecified atom stereocenters. The molecular weight excluding hydrogens is 666 g/mol. The van der Waals surface area contributed by atoms with Gasteiger partial charge in [-0.2, -0.15) is 0 Å². The molecule has 5 bridgehead atoms. The molecule has 51 heavy (non-hydrogen) atoms. The lowest BCUT2D eigenvalue weighted by molar-refractivity contribution is -0.160. The summed E-state index contributed by atoms with van der Waals surface area (Å²) in [5.74, 6) is -8.68. The van der Waals surface area contributed by atoms with Crippen molar-refractivity contribution < 1.29 is 64.0 Å². The summed E-state index contributed by atoms with van der Waals surface area (Å²) in [6.07, 6.45) is 3.02. The molecule has 278 valence electrons. The number of hydrogen-bond donors (Lipinski definition) is 7. The number of methoxy groups -OCH3 is 1. The fraction of sp³-hybridized carbons (Fsp3) is 0.486. The van der Waals surface area contributed by atoms with Gasteiger partial charge in [0, 0.05) is 67.2 Å². The number of amides is 1. The number of aliphatic hydroxyl groups is 3. The Morgan fingerprint density at radius 2 is 1.65 bits per heavy atom. The van der Waals surface area contributed by atoms with Crippen LogP contribution in [-0.4, -0.2) is 92.2 Å². The second-order valence-corrected chi connectivity index (χ2v) is 13.4. The van der Waals surface area contributed by atoms with Crippen LogP contribution in [0.3, 0.4) is 0 Å². The highest BCUT2D eigenvalue weighted by molar-refractivity contribution is 6.21. The van der Waals surface area contributed by atoms with E-state index in [1.165, 1.54) is 52.4 Å². The predicted molar refractivity (Wildman–Crippen MR) is 185 cm³/mol. The van der Waals surface area contributed by atoms with E-state index in [0.29, 0.717) is 0 Å². The van der Waals surface area contributed by atoms with Crippen LogP contribution in [0.5, 0.6) is 23.0 Å².